The van der Waals surface area contributed by atoms with Crippen molar-refractivity contribution in [2.45, 2.75) is 13.3 Å². The Morgan fingerprint density at radius 3 is 1.56 bits per heavy atom. The van der Waals surface area contributed by atoms with Gasteiger partial charge in [-0.2, -0.15) is 0 Å². The molecular formula is C26H14N2O4. The first-order valence-electron chi connectivity index (χ1n) is 10.4. The molecular weight excluding hydrogens is 404 g/mol. The molecule has 5 aromatic carbocycles. The number of carbonyl (C=O) groups is 4. The minimum atomic E-state index is -0.403. The van der Waals surface area contributed by atoms with Crippen molar-refractivity contribution in [3.63, 3.8) is 0 Å². The van der Waals surface area contributed by atoms with E-state index in [1.165, 1.54) is 0 Å². The quantitative estimate of drug-likeness (QED) is 0.244. The molecule has 2 heterocycles. The van der Waals surface area contributed by atoms with Crippen molar-refractivity contribution in [3.05, 3.63) is 70.3 Å². The summed E-state index contributed by atoms with van der Waals surface area (Å²) in [4.78, 5) is 50.4. The van der Waals surface area contributed by atoms with Gasteiger partial charge in [-0.15, -0.1) is 0 Å². The van der Waals surface area contributed by atoms with Gasteiger partial charge in [-0.25, -0.2) is 0 Å². The fraction of sp³-hybridized carbons (Fsp3) is 0.0769. The summed E-state index contributed by atoms with van der Waals surface area (Å²) in [7, 11) is 0. The number of rotatable bonds is 1. The molecule has 0 radical (unpaired) electrons. The lowest BCUT2D eigenvalue weighted by Crippen LogP contribution is -2.35. The van der Waals surface area contributed by atoms with Gasteiger partial charge in [-0.05, 0) is 68.6 Å². The van der Waals surface area contributed by atoms with E-state index < -0.39 is 17.7 Å². The van der Waals surface area contributed by atoms with Crippen molar-refractivity contribution in [1.82, 2.24) is 10.6 Å². The average Bonchev–Trinajstić information content (AvgIpc) is 2.79. The van der Waals surface area contributed by atoms with E-state index >= 15 is 0 Å². The number of benzene rings is 5. The topological polar surface area (TPSA) is 92.3 Å². The van der Waals surface area contributed by atoms with E-state index in [0.717, 1.165) is 37.9 Å². The smallest absolute Gasteiger partial charge is 0.258 e. The van der Waals surface area contributed by atoms with Crippen LogP contribution < -0.4 is 10.6 Å². The second kappa shape index (κ2) is 5.48. The SMILES string of the molecule is CCc1cc2c3c(ccc4c5ccc6c7c(ccc(c1c34)c75)C(=O)NC6=O)C(=O)NC2=O. The number of hydrogen-bond donors (Lipinski definition) is 2. The Morgan fingerprint density at radius 1 is 0.531 bits per heavy atom. The van der Waals surface area contributed by atoms with Crippen LogP contribution in [0, 0.1) is 0 Å². The van der Waals surface area contributed by atoms with Gasteiger partial charge in [0.1, 0.15) is 0 Å². The number of hydrogen-bond acceptors (Lipinski definition) is 4. The Hall–Kier alpha value is -4.32. The van der Waals surface area contributed by atoms with Crippen LogP contribution in [0.25, 0.3) is 43.1 Å². The maximum absolute atomic E-state index is 12.7. The Morgan fingerprint density at radius 2 is 1.00 bits per heavy atom. The maximum Gasteiger partial charge on any atom is 0.258 e. The highest BCUT2D eigenvalue weighted by molar-refractivity contribution is 6.41. The van der Waals surface area contributed by atoms with Gasteiger partial charge in [-0.3, -0.25) is 29.8 Å². The summed E-state index contributed by atoms with van der Waals surface area (Å²) in [5.41, 5.74) is 2.91. The number of carbonyl (C=O) groups excluding carboxylic acids is 4. The highest BCUT2D eigenvalue weighted by Gasteiger charge is 2.31. The van der Waals surface area contributed by atoms with E-state index in [1.807, 2.05) is 31.2 Å². The van der Waals surface area contributed by atoms with E-state index in [0.29, 0.717) is 39.4 Å². The lowest BCUT2D eigenvalue weighted by molar-refractivity contribution is 0.0828. The van der Waals surface area contributed by atoms with Gasteiger partial charge in [0.2, 0.25) is 0 Å². The van der Waals surface area contributed by atoms with Crippen molar-refractivity contribution in [2.24, 2.45) is 0 Å². The van der Waals surface area contributed by atoms with Gasteiger partial charge in [0.15, 0.2) is 0 Å². The maximum atomic E-state index is 12.7. The first kappa shape index (κ1) is 17.4. The minimum Gasteiger partial charge on any atom is -0.288 e. The summed E-state index contributed by atoms with van der Waals surface area (Å²) < 4.78 is 0. The van der Waals surface area contributed by atoms with E-state index in [1.54, 1.807) is 18.2 Å². The van der Waals surface area contributed by atoms with Crippen LogP contribution in [0.3, 0.4) is 0 Å². The molecule has 2 aliphatic heterocycles. The number of imide groups is 2. The highest BCUT2D eigenvalue weighted by Crippen LogP contribution is 2.46. The fourth-order valence-corrected chi connectivity index (χ4v) is 5.58. The number of aryl methyl sites for hydroxylation is 1. The summed E-state index contributed by atoms with van der Waals surface area (Å²) in [6, 6.07) is 12.8. The first-order valence-corrected chi connectivity index (χ1v) is 10.4. The molecule has 0 spiro atoms. The molecule has 0 aromatic heterocycles. The summed E-state index contributed by atoms with van der Waals surface area (Å²) in [5.74, 6) is -1.60. The minimum absolute atomic E-state index is 0.390. The molecule has 5 aromatic rings. The highest BCUT2D eigenvalue weighted by atomic mass is 16.2. The number of fused-ring (bicyclic) bond motifs is 2. The second-order valence-corrected chi connectivity index (χ2v) is 8.36. The van der Waals surface area contributed by atoms with Crippen LogP contribution in [0.15, 0.2) is 42.5 Å². The molecule has 4 amide bonds. The zero-order valence-corrected chi connectivity index (χ0v) is 16.9. The van der Waals surface area contributed by atoms with Crippen LogP contribution in [0.4, 0.5) is 0 Å². The summed E-state index contributed by atoms with van der Waals surface area (Å²) in [6.07, 6.45) is 0.681. The molecule has 32 heavy (non-hydrogen) atoms. The first-order chi connectivity index (χ1) is 15.5. The molecule has 6 heteroatoms. The molecule has 6 nitrogen and oxygen atoms in total. The third-order valence-corrected chi connectivity index (χ3v) is 6.90. The van der Waals surface area contributed by atoms with Crippen LogP contribution in [0.2, 0.25) is 0 Å². The molecule has 0 fully saturated rings. The van der Waals surface area contributed by atoms with Crippen molar-refractivity contribution in [1.29, 1.82) is 0 Å². The molecule has 0 atom stereocenters. The fourth-order valence-electron chi connectivity index (χ4n) is 5.58. The molecule has 7 rings (SSSR count). The van der Waals surface area contributed by atoms with Crippen LogP contribution in [0.5, 0.6) is 0 Å². The Balaban J connectivity index is 1.85. The predicted molar refractivity (Wildman–Crippen MR) is 121 cm³/mol. The van der Waals surface area contributed by atoms with Crippen LogP contribution in [0.1, 0.15) is 53.9 Å². The molecule has 2 aliphatic rings. The van der Waals surface area contributed by atoms with Gasteiger partial charge in [0.25, 0.3) is 23.6 Å². The molecule has 0 saturated heterocycles. The Labute approximate surface area is 180 Å². The van der Waals surface area contributed by atoms with E-state index in [4.69, 9.17) is 0 Å². The van der Waals surface area contributed by atoms with Gasteiger partial charge >= 0.3 is 0 Å². The normalized spacial score (nSPS) is 15.3. The van der Waals surface area contributed by atoms with Gasteiger partial charge in [-0.1, -0.05) is 25.1 Å². The van der Waals surface area contributed by atoms with Crippen LogP contribution in [-0.4, -0.2) is 23.6 Å². The predicted octanol–water partition coefficient (Wildman–Crippen LogP) is 4.07. The second-order valence-electron chi connectivity index (χ2n) is 8.36. The molecule has 152 valence electrons. The number of nitrogens with one attached hydrogen (secondary N) is 2. The monoisotopic (exact) mass is 418 g/mol. The molecule has 0 aliphatic carbocycles. The zero-order valence-electron chi connectivity index (χ0n) is 16.9. The van der Waals surface area contributed by atoms with Crippen molar-refractivity contribution in [2.75, 3.05) is 0 Å². The van der Waals surface area contributed by atoms with E-state index in [9.17, 15) is 19.2 Å². The van der Waals surface area contributed by atoms with Gasteiger partial charge < -0.3 is 0 Å². The third-order valence-electron chi connectivity index (χ3n) is 6.90. The molecule has 0 saturated carbocycles. The Kier molecular flexibility index (Phi) is 2.97. The third kappa shape index (κ3) is 1.82. The Bertz CT molecular complexity index is 1760. The van der Waals surface area contributed by atoms with E-state index in [2.05, 4.69) is 10.6 Å². The van der Waals surface area contributed by atoms with Gasteiger partial charge in [0, 0.05) is 33.0 Å². The molecule has 2 N–H and O–H groups in total. The lowest BCUT2D eigenvalue weighted by Gasteiger charge is -2.25. The lowest BCUT2D eigenvalue weighted by atomic mass is 9.81. The zero-order chi connectivity index (χ0) is 21.9. The standard InChI is InChI=1S/C26H14N2O4/c1-2-10-9-17-21-16(25(31)28-26(17)32)7-4-12-11-3-6-14-20-15(24(30)27-23(14)29)8-5-13(19(11)20)18(10)22(12)21/h3-9H,2H2,1H3,(H,27,29,30)(H,28,31,32). The molecule has 0 bridgehead atoms. The average molecular weight is 418 g/mol. The molecule has 0 unspecified atom stereocenters. The summed E-state index contributed by atoms with van der Waals surface area (Å²) in [6.45, 7) is 2.03. The van der Waals surface area contributed by atoms with Gasteiger partial charge in [0.05, 0.1) is 0 Å². The summed E-state index contributed by atoms with van der Waals surface area (Å²) >= 11 is 0. The largest absolute Gasteiger partial charge is 0.288 e. The summed E-state index contributed by atoms with van der Waals surface area (Å²) in [5, 5.41) is 11.6. The van der Waals surface area contributed by atoms with Crippen LogP contribution >= 0.6 is 0 Å². The van der Waals surface area contributed by atoms with E-state index in [-0.39, 0.29) is 5.91 Å². The van der Waals surface area contributed by atoms with Crippen molar-refractivity contribution in [3.8, 4) is 0 Å². The van der Waals surface area contributed by atoms with Crippen molar-refractivity contribution < 1.29 is 19.2 Å². The number of amides is 4. The van der Waals surface area contributed by atoms with Crippen LogP contribution in [-0.2, 0) is 6.42 Å². The van der Waals surface area contributed by atoms with Crippen molar-refractivity contribution >= 4 is 66.7 Å².